The summed E-state index contributed by atoms with van der Waals surface area (Å²) in [5.41, 5.74) is 2.46. The first-order valence-corrected chi connectivity index (χ1v) is 7.11. The lowest BCUT2D eigenvalue weighted by Crippen LogP contribution is -2.20. The normalized spacial score (nSPS) is 11.6. The van der Waals surface area contributed by atoms with Crippen LogP contribution in [0.1, 0.15) is 6.92 Å². The fourth-order valence-corrected chi connectivity index (χ4v) is 1.83. The molecule has 0 saturated heterocycles. The van der Waals surface area contributed by atoms with E-state index in [-0.39, 0.29) is 11.2 Å². The predicted molar refractivity (Wildman–Crippen MR) is 89.8 cm³/mol. The Morgan fingerprint density at radius 2 is 1.71 bits per heavy atom. The van der Waals surface area contributed by atoms with Crippen LogP contribution in [0.5, 0.6) is 5.75 Å². The zero-order valence-corrected chi connectivity index (χ0v) is 12.9. The van der Waals surface area contributed by atoms with E-state index in [2.05, 4.69) is 23.3 Å². The molecule has 0 saturated carbocycles. The van der Waals surface area contributed by atoms with Crippen molar-refractivity contribution in [1.82, 2.24) is 0 Å². The van der Waals surface area contributed by atoms with E-state index in [4.69, 9.17) is 4.74 Å². The van der Waals surface area contributed by atoms with Crippen LogP contribution < -0.4 is 15.4 Å². The molecule has 0 heterocycles. The van der Waals surface area contributed by atoms with Crippen LogP contribution in [0, 0.1) is 0 Å². The molecule has 0 fully saturated rings. The quantitative estimate of drug-likeness (QED) is 0.738. The van der Waals surface area contributed by atoms with E-state index in [0.29, 0.717) is 0 Å². The first-order chi connectivity index (χ1) is 10.1. The van der Waals surface area contributed by atoms with Gasteiger partial charge < -0.3 is 15.4 Å². The number of benzene rings is 2. The number of nitrogens with one attached hydrogen (secondary N) is 2. The van der Waals surface area contributed by atoms with Gasteiger partial charge >= 0.3 is 0 Å². The van der Waals surface area contributed by atoms with Crippen LogP contribution in [0.25, 0.3) is 0 Å². The van der Waals surface area contributed by atoms with E-state index < -0.39 is 0 Å². The molecule has 1 amide bonds. The Morgan fingerprint density at radius 3 is 2.29 bits per heavy atom. The fraction of sp³-hybridized carbons (Fsp3) is 0.188. The topological polar surface area (TPSA) is 50.4 Å². The Kier molecular flexibility index (Phi) is 5.11. The van der Waals surface area contributed by atoms with Gasteiger partial charge in [0.15, 0.2) is 0 Å². The van der Waals surface area contributed by atoms with E-state index in [9.17, 15) is 4.79 Å². The maximum Gasteiger partial charge on any atom is 0.236 e. The number of ether oxygens (including phenoxy) is 1. The molecule has 2 aromatic rings. The highest BCUT2D eigenvalue weighted by atomic mass is 32.1. The van der Waals surface area contributed by atoms with Crippen LogP contribution in [0.3, 0.4) is 0 Å². The van der Waals surface area contributed by atoms with E-state index in [1.807, 2.05) is 48.5 Å². The van der Waals surface area contributed by atoms with E-state index in [1.54, 1.807) is 14.0 Å². The zero-order chi connectivity index (χ0) is 15.2. The summed E-state index contributed by atoms with van der Waals surface area (Å²) in [6, 6.07) is 15.1. The SMILES string of the molecule is COc1ccc(Nc2ccccc2NC(=O)C(C)S)cc1. The Balaban J connectivity index is 2.17. The summed E-state index contributed by atoms with van der Waals surface area (Å²) in [4.78, 5) is 11.8. The average Bonchev–Trinajstić information content (AvgIpc) is 2.50. The molecule has 21 heavy (non-hydrogen) atoms. The molecule has 0 spiro atoms. The lowest BCUT2D eigenvalue weighted by molar-refractivity contribution is -0.115. The molecule has 0 aliphatic carbocycles. The first-order valence-electron chi connectivity index (χ1n) is 6.59. The molecule has 0 aliphatic rings. The molecule has 4 nitrogen and oxygen atoms in total. The molecule has 2 aromatic carbocycles. The summed E-state index contributed by atoms with van der Waals surface area (Å²) < 4.78 is 5.13. The highest BCUT2D eigenvalue weighted by Gasteiger charge is 2.10. The summed E-state index contributed by atoms with van der Waals surface area (Å²) in [6.07, 6.45) is 0. The minimum atomic E-state index is -0.362. The van der Waals surface area contributed by atoms with Crippen LogP contribution >= 0.6 is 12.6 Å². The molecular formula is C16H18N2O2S. The van der Waals surface area contributed by atoms with Crippen molar-refractivity contribution in [3.8, 4) is 5.75 Å². The number of amides is 1. The summed E-state index contributed by atoms with van der Waals surface area (Å²) in [7, 11) is 1.63. The van der Waals surface area contributed by atoms with Gasteiger partial charge in [-0.2, -0.15) is 12.6 Å². The summed E-state index contributed by atoms with van der Waals surface area (Å²) in [6.45, 7) is 1.73. The van der Waals surface area contributed by atoms with Gasteiger partial charge in [-0.3, -0.25) is 4.79 Å². The zero-order valence-electron chi connectivity index (χ0n) is 12.0. The molecule has 1 unspecified atom stereocenters. The Hall–Kier alpha value is -2.14. The Morgan fingerprint density at radius 1 is 1.10 bits per heavy atom. The minimum Gasteiger partial charge on any atom is -0.497 e. The van der Waals surface area contributed by atoms with Gasteiger partial charge in [0.2, 0.25) is 5.91 Å². The maximum absolute atomic E-state index is 11.8. The third-order valence-electron chi connectivity index (χ3n) is 2.93. The van der Waals surface area contributed by atoms with Crippen LogP contribution in [-0.2, 0) is 4.79 Å². The maximum atomic E-state index is 11.8. The smallest absolute Gasteiger partial charge is 0.236 e. The van der Waals surface area contributed by atoms with Crippen molar-refractivity contribution in [2.45, 2.75) is 12.2 Å². The number of anilines is 3. The van der Waals surface area contributed by atoms with Gasteiger partial charge in [0, 0.05) is 5.69 Å². The van der Waals surface area contributed by atoms with Crippen molar-refractivity contribution in [3.05, 3.63) is 48.5 Å². The molecule has 5 heteroatoms. The third kappa shape index (κ3) is 4.16. The summed E-state index contributed by atoms with van der Waals surface area (Å²) >= 11 is 4.13. The van der Waals surface area contributed by atoms with Gasteiger partial charge in [-0.25, -0.2) is 0 Å². The third-order valence-corrected chi connectivity index (χ3v) is 3.17. The van der Waals surface area contributed by atoms with Crippen molar-refractivity contribution in [3.63, 3.8) is 0 Å². The number of hydrogen-bond acceptors (Lipinski definition) is 4. The van der Waals surface area contributed by atoms with Crippen LogP contribution in [0.2, 0.25) is 0 Å². The highest BCUT2D eigenvalue weighted by Crippen LogP contribution is 2.26. The van der Waals surface area contributed by atoms with Crippen molar-refractivity contribution < 1.29 is 9.53 Å². The molecule has 0 aromatic heterocycles. The Bertz CT molecular complexity index is 612. The van der Waals surface area contributed by atoms with Gasteiger partial charge in [-0.15, -0.1) is 0 Å². The second kappa shape index (κ2) is 7.04. The Labute approximate surface area is 129 Å². The molecule has 0 bridgehead atoms. The van der Waals surface area contributed by atoms with Crippen molar-refractivity contribution in [2.75, 3.05) is 17.7 Å². The lowest BCUT2D eigenvalue weighted by atomic mass is 10.2. The van der Waals surface area contributed by atoms with Gasteiger partial charge in [0.05, 0.1) is 23.7 Å². The van der Waals surface area contributed by atoms with Crippen LogP contribution in [0.4, 0.5) is 17.1 Å². The number of para-hydroxylation sites is 2. The molecular weight excluding hydrogens is 284 g/mol. The number of hydrogen-bond donors (Lipinski definition) is 3. The summed E-state index contributed by atoms with van der Waals surface area (Å²) in [5.74, 6) is 0.661. The fourth-order valence-electron chi connectivity index (χ4n) is 1.77. The van der Waals surface area contributed by atoms with Crippen LogP contribution in [-0.4, -0.2) is 18.3 Å². The average molecular weight is 302 g/mol. The molecule has 110 valence electrons. The predicted octanol–water partition coefficient (Wildman–Crippen LogP) is 3.70. The number of methoxy groups -OCH3 is 1. The van der Waals surface area contributed by atoms with Crippen LogP contribution in [0.15, 0.2) is 48.5 Å². The molecule has 0 radical (unpaired) electrons. The standard InChI is InChI=1S/C16H18N2O2S/c1-11(21)16(19)18-15-6-4-3-5-14(15)17-12-7-9-13(20-2)10-8-12/h3-11,17,21H,1-2H3,(H,18,19). The molecule has 2 N–H and O–H groups in total. The van der Waals surface area contributed by atoms with Gasteiger partial charge in [-0.05, 0) is 43.3 Å². The molecule has 0 aliphatic heterocycles. The lowest BCUT2D eigenvalue weighted by Gasteiger charge is -2.14. The highest BCUT2D eigenvalue weighted by molar-refractivity contribution is 7.81. The number of thiol groups is 1. The number of carbonyl (C=O) groups excluding carboxylic acids is 1. The molecule has 1 atom stereocenters. The van der Waals surface area contributed by atoms with E-state index >= 15 is 0 Å². The first kappa shape index (κ1) is 15.3. The van der Waals surface area contributed by atoms with E-state index in [1.165, 1.54) is 0 Å². The van der Waals surface area contributed by atoms with Gasteiger partial charge in [0.25, 0.3) is 0 Å². The van der Waals surface area contributed by atoms with Crippen molar-refractivity contribution in [2.24, 2.45) is 0 Å². The minimum absolute atomic E-state index is 0.137. The van der Waals surface area contributed by atoms with Crippen molar-refractivity contribution in [1.29, 1.82) is 0 Å². The van der Waals surface area contributed by atoms with Crippen molar-refractivity contribution >= 4 is 35.6 Å². The monoisotopic (exact) mass is 302 g/mol. The number of carbonyl (C=O) groups is 1. The molecule has 2 rings (SSSR count). The van der Waals surface area contributed by atoms with Gasteiger partial charge in [-0.1, -0.05) is 12.1 Å². The number of rotatable bonds is 5. The van der Waals surface area contributed by atoms with E-state index in [0.717, 1.165) is 22.8 Å². The summed E-state index contributed by atoms with van der Waals surface area (Å²) in [5, 5.41) is 5.76. The second-order valence-corrected chi connectivity index (χ2v) is 5.34. The second-order valence-electron chi connectivity index (χ2n) is 4.56. The largest absolute Gasteiger partial charge is 0.497 e. The van der Waals surface area contributed by atoms with Gasteiger partial charge in [0.1, 0.15) is 5.75 Å².